The second kappa shape index (κ2) is 5.17. The van der Waals surface area contributed by atoms with E-state index in [0.717, 1.165) is 27.6 Å². The molecule has 0 aliphatic heterocycles. The number of benzene rings is 3. The lowest BCUT2D eigenvalue weighted by atomic mass is 10.0. The molecule has 1 N–H and O–H groups in total. The Bertz CT molecular complexity index is 776. The molecule has 0 aliphatic carbocycles. The van der Waals surface area contributed by atoms with Crippen LogP contribution in [0.25, 0.3) is 10.8 Å². The molecule has 0 amide bonds. The number of aliphatic imine (C=N–C) groups is 1. The van der Waals surface area contributed by atoms with Gasteiger partial charge in [-0.05, 0) is 41.5 Å². The quantitative estimate of drug-likeness (QED) is 0.671. The first-order valence-electron chi connectivity index (χ1n) is 6.56. The lowest BCUT2D eigenvalue weighted by Crippen LogP contribution is -1.88. The standard InChI is InChI=1S/C18H15NO/c1-13-17-10-6-5-7-14(17)11-15(18(13)20)12-19-16-8-3-2-4-9-16/h2-12,20H,1H3. The number of phenols is 1. The lowest BCUT2D eigenvalue weighted by molar-refractivity contribution is 0.471. The van der Waals surface area contributed by atoms with Crippen LogP contribution in [0.5, 0.6) is 5.75 Å². The van der Waals surface area contributed by atoms with E-state index in [1.165, 1.54) is 0 Å². The fourth-order valence-corrected chi connectivity index (χ4v) is 2.30. The molecule has 0 heterocycles. The Balaban J connectivity index is 2.08. The Labute approximate surface area is 118 Å². The molecule has 3 aromatic carbocycles. The van der Waals surface area contributed by atoms with Crippen molar-refractivity contribution in [2.24, 2.45) is 4.99 Å². The molecule has 0 aliphatic rings. The van der Waals surface area contributed by atoms with Gasteiger partial charge in [0.2, 0.25) is 0 Å². The van der Waals surface area contributed by atoms with Crippen molar-refractivity contribution in [1.29, 1.82) is 0 Å². The Morgan fingerprint density at radius 3 is 2.45 bits per heavy atom. The maximum absolute atomic E-state index is 10.3. The number of para-hydroxylation sites is 1. The van der Waals surface area contributed by atoms with Gasteiger partial charge in [0.15, 0.2) is 0 Å². The van der Waals surface area contributed by atoms with Crippen LogP contribution in [0.3, 0.4) is 0 Å². The van der Waals surface area contributed by atoms with Crippen molar-refractivity contribution in [3.05, 3.63) is 71.8 Å². The highest BCUT2D eigenvalue weighted by atomic mass is 16.3. The summed E-state index contributed by atoms with van der Waals surface area (Å²) in [6.45, 7) is 1.93. The number of phenolic OH excluding ortho intramolecular Hbond substituents is 1. The molecule has 0 saturated heterocycles. The molecule has 0 saturated carbocycles. The summed E-state index contributed by atoms with van der Waals surface area (Å²) < 4.78 is 0. The van der Waals surface area contributed by atoms with E-state index in [4.69, 9.17) is 0 Å². The monoisotopic (exact) mass is 261 g/mol. The van der Waals surface area contributed by atoms with Crippen molar-refractivity contribution >= 4 is 22.7 Å². The fraction of sp³-hybridized carbons (Fsp3) is 0.0556. The smallest absolute Gasteiger partial charge is 0.127 e. The van der Waals surface area contributed by atoms with Crippen molar-refractivity contribution < 1.29 is 5.11 Å². The highest BCUT2D eigenvalue weighted by Gasteiger charge is 2.07. The molecule has 20 heavy (non-hydrogen) atoms. The van der Waals surface area contributed by atoms with E-state index in [2.05, 4.69) is 4.99 Å². The van der Waals surface area contributed by atoms with Gasteiger partial charge in [-0.25, -0.2) is 0 Å². The summed E-state index contributed by atoms with van der Waals surface area (Å²) in [5, 5.41) is 12.5. The van der Waals surface area contributed by atoms with Gasteiger partial charge in [-0.2, -0.15) is 0 Å². The predicted octanol–water partition coefficient (Wildman–Crippen LogP) is 4.60. The number of aromatic hydroxyl groups is 1. The zero-order valence-corrected chi connectivity index (χ0v) is 11.2. The van der Waals surface area contributed by atoms with Crippen LogP contribution >= 0.6 is 0 Å². The molecule has 0 spiro atoms. The van der Waals surface area contributed by atoms with Crippen LogP contribution in [0.2, 0.25) is 0 Å². The number of nitrogens with zero attached hydrogens (tertiary/aromatic N) is 1. The number of aryl methyl sites for hydroxylation is 1. The first kappa shape index (κ1) is 12.4. The maximum Gasteiger partial charge on any atom is 0.127 e. The predicted molar refractivity (Wildman–Crippen MR) is 84.0 cm³/mol. The minimum atomic E-state index is 0.295. The lowest BCUT2D eigenvalue weighted by Gasteiger charge is -2.07. The molecule has 3 rings (SSSR count). The van der Waals surface area contributed by atoms with E-state index in [0.29, 0.717) is 5.75 Å². The van der Waals surface area contributed by atoms with Gasteiger partial charge in [0, 0.05) is 11.8 Å². The van der Waals surface area contributed by atoms with Crippen LogP contribution in [0.1, 0.15) is 11.1 Å². The van der Waals surface area contributed by atoms with Crippen molar-refractivity contribution in [3.63, 3.8) is 0 Å². The summed E-state index contributed by atoms with van der Waals surface area (Å²) in [5.74, 6) is 0.295. The zero-order chi connectivity index (χ0) is 13.9. The highest BCUT2D eigenvalue weighted by Crippen LogP contribution is 2.29. The Hall–Kier alpha value is -2.61. The zero-order valence-electron chi connectivity index (χ0n) is 11.2. The fourth-order valence-electron chi connectivity index (χ4n) is 2.30. The Kier molecular flexibility index (Phi) is 3.21. The summed E-state index contributed by atoms with van der Waals surface area (Å²) in [6.07, 6.45) is 1.71. The van der Waals surface area contributed by atoms with Gasteiger partial charge in [0.1, 0.15) is 5.75 Å². The van der Waals surface area contributed by atoms with E-state index < -0.39 is 0 Å². The molecule has 0 radical (unpaired) electrons. The molecule has 0 aromatic heterocycles. The van der Waals surface area contributed by atoms with Crippen LogP contribution in [-0.4, -0.2) is 11.3 Å². The summed E-state index contributed by atoms with van der Waals surface area (Å²) in [6, 6.07) is 19.7. The first-order valence-corrected chi connectivity index (χ1v) is 6.56. The van der Waals surface area contributed by atoms with Gasteiger partial charge < -0.3 is 5.11 Å². The van der Waals surface area contributed by atoms with Crippen molar-refractivity contribution in [3.8, 4) is 5.75 Å². The molecule has 2 heteroatoms. The molecular weight excluding hydrogens is 246 g/mol. The Morgan fingerprint density at radius 1 is 0.950 bits per heavy atom. The van der Waals surface area contributed by atoms with Crippen LogP contribution < -0.4 is 0 Å². The molecule has 0 unspecified atom stereocenters. The molecule has 0 atom stereocenters. The minimum Gasteiger partial charge on any atom is -0.507 e. The van der Waals surface area contributed by atoms with Crippen molar-refractivity contribution in [1.82, 2.24) is 0 Å². The maximum atomic E-state index is 10.3. The van der Waals surface area contributed by atoms with E-state index >= 15 is 0 Å². The second-order valence-corrected chi connectivity index (χ2v) is 4.75. The Morgan fingerprint density at radius 2 is 1.65 bits per heavy atom. The average Bonchev–Trinajstić information content (AvgIpc) is 2.50. The molecule has 98 valence electrons. The first-order chi connectivity index (χ1) is 9.75. The third-order valence-corrected chi connectivity index (χ3v) is 3.41. The van der Waals surface area contributed by atoms with Crippen LogP contribution in [-0.2, 0) is 0 Å². The second-order valence-electron chi connectivity index (χ2n) is 4.75. The van der Waals surface area contributed by atoms with E-state index in [1.54, 1.807) is 6.21 Å². The number of hydrogen-bond donors (Lipinski definition) is 1. The molecule has 0 bridgehead atoms. The largest absolute Gasteiger partial charge is 0.507 e. The van der Waals surface area contributed by atoms with Gasteiger partial charge in [-0.3, -0.25) is 4.99 Å². The third kappa shape index (κ3) is 2.28. The summed E-state index contributed by atoms with van der Waals surface area (Å²) >= 11 is 0. The van der Waals surface area contributed by atoms with Gasteiger partial charge in [0.05, 0.1) is 5.69 Å². The number of fused-ring (bicyclic) bond motifs is 1. The van der Waals surface area contributed by atoms with Gasteiger partial charge in [-0.1, -0.05) is 42.5 Å². The van der Waals surface area contributed by atoms with Crippen LogP contribution in [0.4, 0.5) is 5.69 Å². The number of hydrogen-bond acceptors (Lipinski definition) is 2. The summed E-state index contributed by atoms with van der Waals surface area (Å²) in [5.41, 5.74) is 2.50. The van der Waals surface area contributed by atoms with E-state index in [9.17, 15) is 5.11 Å². The average molecular weight is 261 g/mol. The van der Waals surface area contributed by atoms with Crippen LogP contribution in [0.15, 0.2) is 65.7 Å². The van der Waals surface area contributed by atoms with Crippen molar-refractivity contribution in [2.75, 3.05) is 0 Å². The van der Waals surface area contributed by atoms with Gasteiger partial charge in [-0.15, -0.1) is 0 Å². The molecule has 2 nitrogen and oxygen atoms in total. The summed E-state index contributed by atoms with van der Waals surface area (Å²) in [7, 11) is 0. The molecular formula is C18H15NO. The SMILES string of the molecule is Cc1c(O)c(C=Nc2ccccc2)cc2ccccc12. The van der Waals surface area contributed by atoms with Crippen molar-refractivity contribution in [2.45, 2.75) is 6.92 Å². The van der Waals surface area contributed by atoms with Gasteiger partial charge in [0.25, 0.3) is 0 Å². The molecule has 0 fully saturated rings. The minimum absolute atomic E-state index is 0.295. The normalized spacial score (nSPS) is 11.2. The molecule has 3 aromatic rings. The summed E-state index contributed by atoms with van der Waals surface area (Å²) in [4.78, 5) is 4.40. The van der Waals surface area contributed by atoms with Crippen LogP contribution in [0, 0.1) is 6.92 Å². The number of rotatable bonds is 2. The highest BCUT2D eigenvalue weighted by molar-refractivity contribution is 5.96. The van der Waals surface area contributed by atoms with E-state index in [-0.39, 0.29) is 0 Å². The van der Waals surface area contributed by atoms with E-state index in [1.807, 2.05) is 67.6 Å². The third-order valence-electron chi connectivity index (χ3n) is 3.41. The van der Waals surface area contributed by atoms with Gasteiger partial charge >= 0.3 is 0 Å². The topological polar surface area (TPSA) is 32.6 Å².